The number of nitrogens with one attached hydrogen (secondary N) is 1. The van der Waals surface area contributed by atoms with Crippen molar-refractivity contribution in [1.82, 2.24) is 9.88 Å². The molecule has 0 atom stereocenters. The first-order valence-corrected chi connectivity index (χ1v) is 8.80. The van der Waals surface area contributed by atoms with Crippen molar-refractivity contribution in [3.8, 4) is 5.75 Å². The molecule has 0 spiro atoms. The summed E-state index contributed by atoms with van der Waals surface area (Å²) < 4.78 is 5.14. The summed E-state index contributed by atoms with van der Waals surface area (Å²) >= 11 is 6.13. The Kier molecular flexibility index (Phi) is 5.94. The fraction of sp³-hybridized carbons (Fsp3) is 0.143. The predicted octanol–water partition coefficient (Wildman–Crippen LogP) is 4.76. The summed E-state index contributed by atoms with van der Waals surface area (Å²) in [4.78, 5) is 18.6. The number of nitrogens with zero attached hydrogens (tertiary/aromatic N) is 2. The molecule has 6 heteroatoms. The van der Waals surface area contributed by atoms with Crippen LogP contribution in [0.25, 0.3) is 0 Å². The first-order valence-electron chi connectivity index (χ1n) is 8.43. The number of hydrogen-bond acceptors (Lipinski definition) is 4. The van der Waals surface area contributed by atoms with Gasteiger partial charge >= 0.3 is 0 Å². The summed E-state index contributed by atoms with van der Waals surface area (Å²) in [6.45, 7) is 0.546. The summed E-state index contributed by atoms with van der Waals surface area (Å²) in [5.41, 5.74) is 2.40. The molecule has 0 unspecified atom stereocenters. The summed E-state index contributed by atoms with van der Waals surface area (Å²) in [6.07, 6.45) is 1.57. The monoisotopic (exact) mass is 381 g/mol. The Morgan fingerprint density at radius 1 is 1.15 bits per heavy atom. The average Bonchev–Trinajstić information content (AvgIpc) is 2.69. The van der Waals surface area contributed by atoms with Gasteiger partial charge in [-0.25, -0.2) is 4.98 Å². The Morgan fingerprint density at radius 3 is 2.56 bits per heavy atom. The third-order valence-corrected chi connectivity index (χ3v) is 4.34. The van der Waals surface area contributed by atoms with E-state index in [1.165, 1.54) is 0 Å². The van der Waals surface area contributed by atoms with Crippen LogP contribution in [-0.4, -0.2) is 29.9 Å². The molecule has 0 saturated carbocycles. The average molecular weight is 382 g/mol. The fourth-order valence-electron chi connectivity index (χ4n) is 2.64. The maximum atomic E-state index is 12.6. The Hall–Kier alpha value is -3.05. The van der Waals surface area contributed by atoms with Gasteiger partial charge in [-0.3, -0.25) is 4.79 Å². The lowest BCUT2D eigenvalue weighted by Crippen LogP contribution is -2.26. The minimum absolute atomic E-state index is 0.0783. The van der Waals surface area contributed by atoms with Crippen LogP contribution in [0, 0.1) is 0 Å². The molecule has 0 saturated heterocycles. The van der Waals surface area contributed by atoms with Crippen LogP contribution in [0.5, 0.6) is 5.75 Å². The third-order valence-electron chi connectivity index (χ3n) is 4.04. The van der Waals surface area contributed by atoms with E-state index in [9.17, 15) is 4.79 Å². The molecule has 3 aromatic rings. The van der Waals surface area contributed by atoms with E-state index in [-0.39, 0.29) is 5.91 Å². The van der Waals surface area contributed by atoms with Gasteiger partial charge in [0.2, 0.25) is 0 Å². The number of carbonyl (C=O) groups is 1. The number of benzene rings is 2. The molecular formula is C21H20ClN3O2. The van der Waals surface area contributed by atoms with Crippen molar-refractivity contribution < 1.29 is 9.53 Å². The zero-order valence-corrected chi connectivity index (χ0v) is 15.9. The van der Waals surface area contributed by atoms with E-state index in [1.807, 2.05) is 36.4 Å². The van der Waals surface area contributed by atoms with Crippen molar-refractivity contribution in [2.75, 3.05) is 19.5 Å². The molecule has 0 aliphatic rings. The molecule has 0 aliphatic carbocycles. The Morgan fingerprint density at radius 2 is 1.93 bits per heavy atom. The van der Waals surface area contributed by atoms with Crippen LogP contribution in [0.1, 0.15) is 15.9 Å². The van der Waals surface area contributed by atoms with Gasteiger partial charge in [0.1, 0.15) is 11.6 Å². The molecule has 27 heavy (non-hydrogen) atoms. The van der Waals surface area contributed by atoms with Gasteiger partial charge in [-0.05, 0) is 35.9 Å². The highest BCUT2D eigenvalue weighted by Crippen LogP contribution is 2.28. The molecule has 2 aromatic carbocycles. The van der Waals surface area contributed by atoms with E-state index in [4.69, 9.17) is 16.3 Å². The SMILES string of the molecule is COc1ccc(Nc2ccc(C(=O)N(C)Cc3ccccc3)cn2)cc1Cl. The fourth-order valence-corrected chi connectivity index (χ4v) is 2.89. The zero-order chi connectivity index (χ0) is 19.2. The van der Waals surface area contributed by atoms with Gasteiger partial charge in [0.05, 0.1) is 17.7 Å². The van der Waals surface area contributed by atoms with Crippen LogP contribution < -0.4 is 10.1 Å². The van der Waals surface area contributed by atoms with Crippen LogP contribution in [0.15, 0.2) is 66.9 Å². The predicted molar refractivity (Wildman–Crippen MR) is 108 cm³/mol. The highest BCUT2D eigenvalue weighted by molar-refractivity contribution is 6.32. The van der Waals surface area contributed by atoms with Crippen molar-refractivity contribution >= 4 is 29.0 Å². The van der Waals surface area contributed by atoms with Gasteiger partial charge in [0, 0.05) is 25.5 Å². The molecule has 0 aliphatic heterocycles. The highest BCUT2D eigenvalue weighted by atomic mass is 35.5. The van der Waals surface area contributed by atoms with E-state index in [0.29, 0.717) is 28.7 Å². The summed E-state index contributed by atoms with van der Waals surface area (Å²) in [6, 6.07) is 18.8. The number of ether oxygens (including phenoxy) is 1. The third kappa shape index (κ3) is 4.77. The quantitative estimate of drug-likeness (QED) is 0.668. The second-order valence-corrected chi connectivity index (χ2v) is 6.46. The molecule has 3 rings (SSSR count). The topological polar surface area (TPSA) is 54.5 Å². The summed E-state index contributed by atoms with van der Waals surface area (Å²) in [5, 5.41) is 3.67. The molecule has 0 radical (unpaired) electrons. The minimum Gasteiger partial charge on any atom is -0.495 e. The number of amides is 1. The molecule has 1 amide bonds. The van der Waals surface area contributed by atoms with Crippen LogP contribution in [-0.2, 0) is 6.54 Å². The van der Waals surface area contributed by atoms with Crippen LogP contribution in [0.3, 0.4) is 0 Å². The van der Waals surface area contributed by atoms with Crippen molar-refractivity contribution in [3.63, 3.8) is 0 Å². The lowest BCUT2D eigenvalue weighted by molar-refractivity contribution is 0.0784. The van der Waals surface area contributed by atoms with E-state index < -0.39 is 0 Å². The van der Waals surface area contributed by atoms with Crippen LogP contribution in [0.4, 0.5) is 11.5 Å². The zero-order valence-electron chi connectivity index (χ0n) is 15.1. The van der Waals surface area contributed by atoms with E-state index >= 15 is 0 Å². The number of methoxy groups -OCH3 is 1. The maximum absolute atomic E-state index is 12.6. The normalized spacial score (nSPS) is 10.3. The number of anilines is 2. The molecule has 1 aromatic heterocycles. The largest absolute Gasteiger partial charge is 0.495 e. The number of pyridine rings is 1. The molecule has 5 nitrogen and oxygen atoms in total. The number of hydrogen-bond donors (Lipinski definition) is 1. The van der Waals surface area contributed by atoms with Gasteiger partial charge in [-0.15, -0.1) is 0 Å². The van der Waals surface area contributed by atoms with Crippen LogP contribution in [0.2, 0.25) is 5.02 Å². The standard InChI is InChI=1S/C21H20ClN3O2/c1-25(14-15-6-4-3-5-7-15)21(26)16-8-11-20(23-13-16)24-17-9-10-19(27-2)18(22)12-17/h3-13H,14H2,1-2H3,(H,23,24). The van der Waals surface area contributed by atoms with Gasteiger partial charge in [0.25, 0.3) is 5.91 Å². The molecule has 1 heterocycles. The van der Waals surface area contributed by atoms with Gasteiger partial charge in [0.15, 0.2) is 0 Å². The summed E-state index contributed by atoms with van der Waals surface area (Å²) in [5.74, 6) is 1.15. The lowest BCUT2D eigenvalue weighted by Gasteiger charge is -2.17. The Balaban J connectivity index is 1.65. The lowest BCUT2D eigenvalue weighted by atomic mass is 10.2. The molecule has 0 bridgehead atoms. The van der Waals surface area contributed by atoms with E-state index in [0.717, 1.165) is 11.3 Å². The van der Waals surface area contributed by atoms with Gasteiger partial charge in [-0.1, -0.05) is 41.9 Å². The number of halogens is 1. The van der Waals surface area contributed by atoms with E-state index in [2.05, 4.69) is 10.3 Å². The second-order valence-electron chi connectivity index (χ2n) is 6.05. The van der Waals surface area contributed by atoms with E-state index in [1.54, 1.807) is 49.5 Å². The number of aromatic nitrogens is 1. The summed E-state index contributed by atoms with van der Waals surface area (Å²) in [7, 11) is 3.35. The smallest absolute Gasteiger partial charge is 0.255 e. The molecule has 0 fully saturated rings. The minimum atomic E-state index is -0.0783. The number of carbonyl (C=O) groups excluding carboxylic acids is 1. The first kappa shape index (κ1) is 18.7. The molecular weight excluding hydrogens is 362 g/mol. The molecule has 1 N–H and O–H groups in total. The Labute approximate surface area is 163 Å². The van der Waals surface area contributed by atoms with Crippen molar-refractivity contribution in [1.29, 1.82) is 0 Å². The van der Waals surface area contributed by atoms with Gasteiger partial charge < -0.3 is 15.0 Å². The Bertz CT molecular complexity index is 914. The maximum Gasteiger partial charge on any atom is 0.255 e. The second kappa shape index (κ2) is 8.56. The van der Waals surface area contributed by atoms with Crippen molar-refractivity contribution in [2.24, 2.45) is 0 Å². The first-order chi connectivity index (χ1) is 13.1. The van der Waals surface area contributed by atoms with Gasteiger partial charge in [-0.2, -0.15) is 0 Å². The van der Waals surface area contributed by atoms with Crippen molar-refractivity contribution in [2.45, 2.75) is 6.54 Å². The van der Waals surface area contributed by atoms with Crippen molar-refractivity contribution in [3.05, 3.63) is 83.0 Å². The van der Waals surface area contributed by atoms with Crippen LogP contribution >= 0.6 is 11.6 Å². The molecule has 138 valence electrons. The highest BCUT2D eigenvalue weighted by Gasteiger charge is 2.12. The number of rotatable bonds is 6.